The lowest BCUT2D eigenvalue weighted by Gasteiger charge is -2.04. The molecule has 1 aromatic heterocycles. The Bertz CT molecular complexity index is 670. The van der Waals surface area contributed by atoms with Crippen LogP contribution < -0.4 is 5.32 Å². The van der Waals surface area contributed by atoms with Crippen molar-refractivity contribution in [2.45, 2.75) is 6.92 Å². The number of hydrogen-bond donors (Lipinski definition) is 2. The summed E-state index contributed by atoms with van der Waals surface area (Å²) in [6.45, 7) is 1.74. The minimum Gasteiger partial charge on any atom is -0.326 e. The minimum absolute atomic E-state index is 0.204. The highest BCUT2D eigenvalue weighted by Gasteiger charge is 2.03. The molecule has 2 aromatic carbocycles. The number of nitrogens with zero attached hydrogens (tertiary/aromatic N) is 1. The Morgan fingerprint density at radius 1 is 1.17 bits per heavy atom. The van der Waals surface area contributed by atoms with Crippen LogP contribution in [0.3, 0.4) is 0 Å². The lowest BCUT2D eigenvalue weighted by atomic mass is 10.2. The number of para-hydroxylation sites is 2. The number of aromatic nitrogens is 2. The molecule has 90 valence electrons. The number of H-pyrrole nitrogens is 1. The van der Waals surface area contributed by atoms with E-state index in [2.05, 4.69) is 15.3 Å². The van der Waals surface area contributed by atoms with E-state index in [1.807, 2.05) is 24.3 Å². The van der Waals surface area contributed by atoms with Crippen molar-refractivity contribution in [1.29, 1.82) is 0 Å². The van der Waals surface area contributed by atoms with Crippen LogP contribution in [0.1, 0.15) is 5.56 Å². The smallest absolute Gasteiger partial charge is 0.205 e. The summed E-state index contributed by atoms with van der Waals surface area (Å²) in [6, 6.07) is 12.7. The number of anilines is 2. The van der Waals surface area contributed by atoms with Gasteiger partial charge in [-0.2, -0.15) is 0 Å². The normalized spacial score (nSPS) is 10.8. The Kier molecular flexibility index (Phi) is 2.48. The average molecular weight is 241 g/mol. The molecule has 0 radical (unpaired) electrons. The van der Waals surface area contributed by atoms with Crippen LogP contribution in [0.25, 0.3) is 11.0 Å². The summed E-state index contributed by atoms with van der Waals surface area (Å²) < 4.78 is 13.2. The lowest BCUT2D eigenvalue weighted by Crippen LogP contribution is -1.93. The molecule has 0 unspecified atom stereocenters. The fourth-order valence-electron chi connectivity index (χ4n) is 1.87. The number of nitrogens with one attached hydrogen (secondary N) is 2. The molecular weight excluding hydrogens is 229 g/mol. The highest BCUT2D eigenvalue weighted by molar-refractivity contribution is 5.78. The van der Waals surface area contributed by atoms with Crippen molar-refractivity contribution in [2.75, 3.05) is 5.32 Å². The number of hydrogen-bond acceptors (Lipinski definition) is 2. The van der Waals surface area contributed by atoms with Crippen LogP contribution in [0.15, 0.2) is 42.5 Å². The summed E-state index contributed by atoms with van der Waals surface area (Å²) >= 11 is 0. The zero-order chi connectivity index (χ0) is 12.5. The first-order valence-electron chi connectivity index (χ1n) is 5.70. The van der Waals surface area contributed by atoms with Gasteiger partial charge < -0.3 is 10.3 Å². The van der Waals surface area contributed by atoms with E-state index in [0.29, 0.717) is 11.5 Å². The first kappa shape index (κ1) is 10.8. The molecule has 0 saturated carbocycles. The average Bonchev–Trinajstić information content (AvgIpc) is 2.76. The standard InChI is InChI=1S/C14H12FN3/c1-9-8-10(6-7-11(9)15)16-14-17-12-4-2-3-5-13(12)18-14/h2-8H,1H3,(H2,16,17,18). The molecule has 0 saturated heterocycles. The van der Waals surface area contributed by atoms with Gasteiger partial charge in [-0.3, -0.25) is 0 Å². The second kappa shape index (κ2) is 4.14. The molecule has 0 fully saturated rings. The second-order valence-corrected chi connectivity index (χ2v) is 4.19. The SMILES string of the molecule is Cc1cc(Nc2nc3ccccc3[nH]2)ccc1F. The summed E-state index contributed by atoms with van der Waals surface area (Å²) in [5.41, 5.74) is 3.29. The van der Waals surface area contributed by atoms with Gasteiger partial charge >= 0.3 is 0 Å². The molecule has 4 heteroatoms. The van der Waals surface area contributed by atoms with E-state index in [4.69, 9.17) is 0 Å². The van der Waals surface area contributed by atoms with Crippen molar-refractivity contribution < 1.29 is 4.39 Å². The summed E-state index contributed by atoms with van der Waals surface area (Å²) in [5, 5.41) is 3.13. The lowest BCUT2D eigenvalue weighted by molar-refractivity contribution is 0.619. The number of aromatic amines is 1. The van der Waals surface area contributed by atoms with Crippen LogP contribution in [-0.4, -0.2) is 9.97 Å². The highest BCUT2D eigenvalue weighted by Crippen LogP contribution is 2.19. The maximum atomic E-state index is 13.2. The van der Waals surface area contributed by atoms with Crippen molar-refractivity contribution in [3.63, 3.8) is 0 Å². The Balaban J connectivity index is 1.93. The Morgan fingerprint density at radius 3 is 2.78 bits per heavy atom. The largest absolute Gasteiger partial charge is 0.326 e. The van der Waals surface area contributed by atoms with E-state index >= 15 is 0 Å². The van der Waals surface area contributed by atoms with Gasteiger partial charge in [0.1, 0.15) is 5.82 Å². The van der Waals surface area contributed by atoms with E-state index < -0.39 is 0 Å². The van der Waals surface area contributed by atoms with Gasteiger partial charge in [0.05, 0.1) is 11.0 Å². The van der Waals surface area contributed by atoms with E-state index in [9.17, 15) is 4.39 Å². The summed E-state index contributed by atoms with van der Waals surface area (Å²) in [4.78, 5) is 7.56. The molecule has 0 aliphatic carbocycles. The zero-order valence-electron chi connectivity index (χ0n) is 9.87. The van der Waals surface area contributed by atoms with E-state index in [0.717, 1.165) is 16.7 Å². The molecule has 2 N–H and O–H groups in total. The third-order valence-corrected chi connectivity index (χ3v) is 2.81. The number of aryl methyl sites for hydroxylation is 1. The molecule has 0 aliphatic heterocycles. The van der Waals surface area contributed by atoms with Gasteiger partial charge in [-0.15, -0.1) is 0 Å². The van der Waals surface area contributed by atoms with Crippen LogP contribution in [-0.2, 0) is 0 Å². The molecule has 0 atom stereocenters. The van der Waals surface area contributed by atoms with Crippen molar-refractivity contribution in [1.82, 2.24) is 9.97 Å². The molecular formula is C14H12FN3. The number of rotatable bonds is 2. The second-order valence-electron chi connectivity index (χ2n) is 4.19. The first-order chi connectivity index (χ1) is 8.72. The van der Waals surface area contributed by atoms with Crippen LogP contribution in [0.5, 0.6) is 0 Å². The zero-order valence-corrected chi connectivity index (χ0v) is 9.87. The number of imidazole rings is 1. The van der Waals surface area contributed by atoms with Gasteiger partial charge in [-0.05, 0) is 42.8 Å². The quantitative estimate of drug-likeness (QED) is 0.717. The Morgan fingerprint density at radius 2 is 2.00 bits per heavy atom. The van der Waals surface area contributed by atoms with Gasteiger partial charge in [-0.1, -0.05) is 12.1 Å². The van der Waals surface area contributed by atoms with Crippen molar-refractivity contribution in [3.8, 4) is 0 Å². The van der Waals surface area contributed by atoms with Crippen LogP contribution in [0, 0.1) is 12.7 Å². The molecule has 3 aromatic rings. The fraction of sp³-hybridized carbons (Fsp3) is 0.0714. The van der Waals surface area contributed by atoms with Crippen LogP contribution >= 0.6 is 0 Å². The molecule has 3 nitrogen and oxygen atoms in total. The minimum atomic E-state index is -0.204. The van der Waals surface area contributed by atoms with E-state index in [-0.39, 0.29) is 5.82 Å². The van der Waals surface area contributed by atoms with Gasteiger partial charge in [0.15, 0.2) is 0 Å². The molecule has 0 spiro atoms. The molecule has 0 aliphatic rings. The van der Waals surface area contributed by atoms with Gasteiger partial charge in [-0.25, -0.2) is 9.37 Å². The molecule has 1 heterocycles. The van der Waals surface area contributed by atoms with Gasteiger partial charge in [0.2, 0.25) is 5.95 Å². The van der Waals surface area contributed by atoms with E-state index in [1.165, 1.54) is 6.07 Å². The van der Waals surface area contributed by atoms with Gasteiger partial charge in [0, 0.05) is 5.69 Å². The van der Waals surface area contributed by atoms with Crippen molar-refractivity contribution in [2.24, 2.45) is 0 Å². The maximum Gasteiger partial charge on any atom is 0.205 e. The molecule has 3 rings (SSSR count). The topological polar surface area (TPSA) is 40.7 Å². The van der Waals surface area contributed by atoms with Crippen molar-refractivity contribution in [3.05, 3.63) is 53.8 Å². The fourth-order valence-corrected chi connectivity index (χ4v) is 1.87. The van der Waals surface area contributed by atoms with Crippen molar-refractivity contribution >= 4 is 22.7 Å². The predicted octanol–water partition coefficient (Wildman–Crippen LogP) is 3.75. The number of benzene rings is 2. The summed E-state index contributed by atoms with van der Waals surface area (Å²) in [6.07, 6.45) is 0. The van der Waals surface area contributed by atoms with Gasteiger partial charge in [0.25, 0.3) is 0 Å². The summed E-state index contributed by atoms with van der Waals surface area (Å²) in [5.74, 6) is 0.451. The number of halogens is 1. The number of fused-ring (bicyclic) bond motifs is 1. The Labute approximate surface area is 104 Å². The molecule has 0 bridgehead atoms. The Hall–Kier alpha value is -2.36. The predicted molar refractivity (Wildman–Crippen MR) is 70.5 cm³/mol. The van der Waals surface area contributed by atoms with E-state index in [1.54, 1.807) is 19.1 Å². The third-order valence-electron chi connectivity index (χ3n) is 2.81. The monoisotopic (exact) mass is 241 g/mol. The molecule has 0 amide bonds. The first-order valence-corrected chi connectivity index (χ1v) is 5.70. The molecule has 18 heavy (non-hydrogen) atoms. The van der Waals surface area contributed by atoms with Crippen LogP contribution in [0.4, 0.5) is 16.0 Å². The maximum absolute atomic E-state index is 13.2. The highest BCUT2D eigenvalue weighted by atomic mass is 19.1. The third kappa shape index (κ3) is 1.93. The summed E-state index contributed by atoms with van der Waals surface area (Å²) in [7, 11) is 0. The van der Waals surface area contributed by atoms with Crippen LogP contribution in [0.2, 0.25) is 0 Å².